The second-order valence-corrected chi connectivity index (χ2v) is 3.74. The number of rotatable bonds is 0. The van der Waals surface area contributed by atoms with E-state index in [-0.39, 0.29) is 0 Å². The van der Waals surface area contributed by atoms with Gasteiger partial charge >= 0.3 is 62.9 Å². The first-order chi connectivity index (χ1) is 4.93. The van der Waals surface area contributed by atoms with Crippen molar-refractivity contribution in [2.24, 2.45) is 0 Å². The van der Waals surface area contributed by atoms with E-state index < -0.39 is 0 Å². The summed E-state index contributed by atoms with van der Waals surface area (Å²) < 4.78 is 10.5. The van der Waals surface area contributed by atoms with E-state index in [1.165, 1.54) is 37.4 Å². The Labute approximate surface area is 63.7 Å². The van der Waals surface area contributed by atoms with Gasteiger partial charge in [-0.05, 0) is 0 Å². The van der Waals surface area contributed by atoms with E-state index in [4.69, 9.17) is 0 Å². The van der Waals surface area contributed by atoms with E-state index in [0.717, 1.165) is 12.8 Å². The average molecular weight is 157 g/mol. The maximum absolute atomic E-state index is 10.5. The van der Waals surface area contributed by atoms with Crippen molar-refractivity contribution >= 4 is 13.4 Å². The molecule has 1 fully saturated rings. The molecule has 0 aromatic carbocycles. The van der Waals surface area contributed by atoms with Crippen molar-refractivity contribution < 1.29 is 4.57 Å². The SMILES string of the molecule is O=[P+]=C1CCCCCCC1. The Hall–Kier alpha value is 0.100. The van der Waals surface area contributed by atoms with Crippen LogP contribution in [0.15, 0.2) is 0 Å². The Balaban J connectivity index is 2.37. The maximum atomic E-state index is 10.5. The molecule has 0 N–H and O–H groups in total. The van der Waals surface area contributed by atoms with Crippen molar-refractivity contribution in [1.82, 2.24) is 0 Å². The fourth-order valence-corrected chi connectivity index (χ4v) is 1.90. The normalized spacial score (nSPS) is 21.4. The molecule has 0 amide bonds. The molecule has 0 saturated heterocycles. The summed E-state index contributed by atoms with van der Waals surface area (Å²) in [4.78, 5) is 0. The van der Waals surface area contributed by atoms with E-state index in [9.17, 15) is 4.57 Å². The quantitative estimate of drug-likeness (QED) is 0.493. The molecule has 1 aliphatic carbocycles. The molecule has 0 spiro atoms. The van der Waals surface area contributed by atoms with Crippen LogP contribution in [0.25, 0.3) is 0 Å². The molecule has 2 heteroatoms. The van der Waals surface area contributed by atoms with Crippen molar-refractivity contribution in [2.75, 3.05) is 0 Å². The van der Waals surface area contributed by atoms with Gasteiger partial charge in [-0.1, -0.05) is 0 Å². The van der Waals surface area contributed by atoms with Crippen LogP contribution >= 0.6 is 8.08 Å². The minimum absolute atomic E-state index is 0.301. The van der Waals surface area contributed by atoms with Crippen molar-refractivity contribution in [3.63, 3.8) is 0 Å². The van der Waals surface area contributed by atoms with Gasteiger partial charge in [-0.2, -0.15) is 0 Å². The standard InChI is InChI=1S/C8H14OP/c9-10-8-6-4-2-1-3-5-7-8/h1-7H2/q+1. The Morgan fingerprint density at radius 1 is 0.900 bits per heavy atom. The first kappa shape index (κ1) is 8.20. The van der Waals surface area contributed by atoms with Crippen LogP contribution in [0.3, 0.4) is 0 Å². The van der Waals surface area contributed by atoms with Crippen molar-refractivity contribution in [3.05, 3.63) is 0 Å². The van der Waals surface area contributed by atoms with Crippen LogP contribution in [-0.2, 0) is 4.57 Å². The summed E-state index contributed by atoms with van der Waals surface area (Å²) in [5, 5.41) is 1.24. The van der Waals surface area contributed by atoms with Crippen LogP contribution < -0.4 is 0 Å². The molecule has 56 valence electrons. The molecule has 1 saturated carbocycles. The Kier molecular flexibility index (Phi) is 3.97. The zero-order valence-electron chi connectivity index (χ0n) is 6.31. The predicted octanol–water partition coefficient (Wildman–Crippen LogP) is 3.19. The Morgan fingerprint density at radius 2 is 1.40 bits per heavy atom. The Bertz CT molecular complexity index is 137. The van der Waals surface area contributed by atoms with E-state index >= 15 is 0 Å². The van der Waals surface area contributed by atoms with Gasteiger partial charge in [0.05, 0.1) is 0 Å². The van der Waals surface area contributed by atoms with Gasteiger partial charge in [0.25, 0.3) is 0 Å². The van der Waals surface area contributed by atoms with Gasteiger partial charge in [0, 0.05) is 0 Å². The number of hydrogen-bond donors (Lipinski definition) is 0. The molecule has 0 atom stereocenters. The van der Waals surface area contributed by atoms with E-state index in [1.807, 2.05) is 0 Å². The van der Waals surface area contributed by atoms with Gasteiger partial charge in [0.15, 0.2) is 0 Å². The first-order valence-corrected chi connectivity index (χ1v) is 4.93. The van der Waals surface area contributed by atoms with Crippen LogP contribution in [0.5, 0.6) is 0 Å². The van der Waals surface area contributed by atoms with Crippen molar-refractivity contribution in [3.8, 4) is 0 Å². The topological polar surface area (TPSA) is 17.1 Å². The first-order valence-electron chi connectivity index (χ1n) is 4.11. The Morgan fingerprint density at radius 3 is 1.90 bits per heavy atom. The molecule has 0 aromatic heterocycles. The van der Waals surface area contributed by atoms with Gasteiger partial charge in [0.1, 0.15) is 0 Å². The van der Waals surface area contributed by atoms with Gasteiger partial charge in [0.2, 0.25) is 0 Å². The third-order valence-electron chi connectivity index (χ3n) is 2.06. The monoisotopic (exact) mass is 157 g/mol. The molecule has 0 aromatic rings. The summed E-state index contributed by atoms with van der Waals surface area (Å²) in [5.74, 6) is 0. The summed E-state index contributed by atoms with van der Waals surface area (Å²) in [6.07, 6.45) is 8.76. The van der Waals surface area contributed by atoms with Gasteiger partial charge in [-0.3, -0.25) is 0 Å². The van der Waals surface area contributed by atoms with Crippen LogP contribution in [0.2, 0.25) is 0 Å². The van der Waals surface area contributed by atoms with Crippen LogP contribution in [0.1, 0.15) is 44.9 Å². The van der Waals surface area contributed by atoms with Crippen molar-refractivity contribution in [1.29, 1.82) is 0 Å². The molecule has 1 aliphatic rings. The van der Waals surface area contributed by atoms with Gasteiger partial charge < -0.3 is 0 Å². The molecular weight excluding hydrogens is 143 g/mol. The fourth-order valence-electron chi connectivity index (χ4n) is 1.40. The summed E-state index contributed by atoms with van der Waals surface area (Å²) >= 11 is 0. The summed E-state index contributed by atoms with van der Waals surface area (Å²) in [7, 11) is 0.301. The molecule has 10 heavy (non-hydrogen) atoms. The van der Waals surface area contributed by atoms with Crippen LogP contribution in [-0.4, -0.2) is 5.29 Å². The molecule has 1 nitrogen and oxygen atoms in total. The molecule has 0 unspecified atom stereocenters. The number of hydrogen-bond acceptors (Lipinski definition) is 1. The summed E-state index contributed by atoms with van der Waals surface area (Å²) in [6.45, 7) is 0. The molecule has 0 bridgehead atoms. The molecule has 0 heterocycles. The van der Waals surface area contributed by atoms with E-state index in [0.29, 0.717) is 8.08 Å². The van der Waals surface area contributed by atoms with Crippen molar-refractivity contribution in [2.45, 2.75) is 44.9 Å². The van der Waals surface area contributed by atoms with Gasteiger partial charge in [-0.15, -0.1) is 0 Å². The van der Waals surface area contributed by atoms with Crippen LogP contribution in [0.4, 0.5) is 0 Å². The third kappa shape index (κ3) is 2.79. The molecular formula is C8H14OP+. The second-order valence-electron chi connectivity index (χ2n) is 2.93. The zero-order chi connectivity index (χ0) is 7.23. The van der Waals surface area contributed by atoms with Crippen LogP contribution in [0, 0.1) is 0 Å². The second kappa shape index (κ2) is 4.85. The third-order valence-corrected chi connectivity index (χ3v) is 2.77. The predicted molar refractivity (Wildman–Crippen MR) is 44.9 cm³/mol. The van der Waals surface area contributed by atoms with Gasteiger partial charge in [-0.25, -0.2) is 0 Å². The molecule has 1 rings (SSSR count). The summed E-state index contributed by atoms with van der Waals surface area (Å²) in [6, 6.07) is 0. The fraction of sp³-hybridized carbons (Fsp3) is 0.875. The molecule has 0 radical (unpaired) electrons. The average Bonchev–Trinajstić information content (AvgIpc) is 1.87. The van der Waals surface area contributed by atoms with E-state index in [1.54, 1.807) is 0 Å². The summed E-state index contributed by atoms with van der Waals surface area (Å²) in [5.41, 5.74) is 0. The molecule has 0 aliphatic heterocycles. The minimum atomic E-state index is 0.301. The zero-order valence-corrected chi connectivity index (χ0v) is 7.20. The van der Waals surface area contributed by atoms with E-state index in [2.05, 4.69) is 0 Å².